The monoisotopic (exact) mass is 365 g/mol. The van der Waals surface area contributed by atoms with Crippen molar-refractivity contribution >= 4 is 40.1 Å². The van der Waals surface area contributed by atoms with Crippen molar-refractivity contribution in [3.8, 4) is 0 Å². The molecule has 0 unspecified atom stereocenters. The van der Waals surface area contributed by atoms with E-state index in [4.69, 9.17) is 11.6 Å². The number of halogens is 2. The standard InChI is InChI=1S/C13H17ClINO/c1-8(2)16(9(3)4)13(17)11-6-5-10(14)7-12(11)15/h5-9H,1-4H3. The first-order chi connectivity index (χ1) is 7.84. The molecule has 2 nitrogen and oxygen atoms in total. The van der Waals surface area contributed by atoms with Gasteiger partial charge in [0.15, 0.2) is 0 Å². The highest BCUT2D eigenvalue weighted by Gasteiger charge is 2.23. The van der Waals surface area contributed by atoms with E-state index in [-0.39, 0.29) is 18.0 Å². The number of benzene rings is 1. The normalized spacial score (nSPS) is 11.1. The fraction of sp³-hybridized carbons (Fsp3) is 0.462. The van der Waals surface area contributed by atoms with Gasteiger partial charge in [0.2, 0.25) is 0 Å². The molecule has 0 aliphatic heterocycles. The van der Waals surface area contributed by atoms with E-state index in [1.807, 2.05) is 38.7 Å². The smallest absolute Gasteiger partial charge is 0.255 e. The summed E-state index contributed by atoms with van der Waals surface area (Å²) in [5, 5.41) is 0.659. The molecule has 0 aliphatic carbocycles. The number of rotatable bonds is 3. The maximum atomic E-state index is 12.4. The van der Waals surface area contributed by atoms with Crippen LogP contribution >= 0.6 is 34.2 Å². The summed E-state index contributed by atoms with van der Waals surface area (Å²) in [7, 11) is 0. The van der Waals surface area contributed by atoms with E-state index in [1.165, 1.54) is 0 Å². The zero-order chi connectivity index (χ0) is 13.2. The maximum Gasteiger partial charge on any atom is 0.255 e. The minimum absolute atomic E-state index is 0.0658. The van der Waals surface area contributed by atoms with Gasteiger partial charge in [-0.2, -0.15) is 0 Å². The van der Waals surface area contributed by atoms with Crippen LogP contribution in [-0.2, 0) is 0 Å². The second-order valence-corrected chi connectivity index (χ2v) is 6.12. The van der Waals surface area contributed by atoms with Gasteiger partial charge in [-0.15, -0.1) is 0 Å². The first kappa shape index (κ1) is 14.8. The molecule has 17 heavy (non-hydrogen) atoms. The van der Waals surface area contributed by atoms with Crippen molar-refractivity contribution in [2.24, 2.45) is 0 Å². The molecule has 1 amide bonds. The van der Waals surface area contributed by atoms with Crippen molar-refractivity contribution < 1.29 is 4.79 Å². The average Bonchev–Trinajstić information content (AvgIpc) is 2.15. The molecule has 1 rings (SSSR count). The predicted octanol–water partition coefficient (Wildman–Crippen LogP) is 4.20. The van der Waals surface area contributed by atoms with Crippen molar-refractivity contribution in [2.45, 2.75) is 39.8 Å². The molecule has 0 fully saturated rings. The summed E-state index contributed by atoms with van der Waals surface area (Å²) in [6, 6.07) is 5.75. The van der Waals surface area contributed by atoms with E-state index < -0.39 is 0 Å². The van der Waals surface area contributed by atoms with E-state index >= 15 is 0 Å². The molecule has 0 spiro atoms. The summed E-state index contributed by atoms with van der Waals surface area (Å²) in [6.07, 6.45) is 0. The first-order valence-corrected chi connectivity index (χ1v) is 7.08. The van der Waals surface area contributed by atoms with E-state index in [2.05, 4.69) is 22.6 Å². The van der Waals surface area contributed by atoms with Crippen LogP contribution in [0, 0.1) is 3.57 Å². The number of carbonyl (C=O) groups is 1. The number of hydrogen-bond donors (Lipinski definition) is 0. The Balaban J connectivity index is 3.10. The van der Waals surface area contributed by atoms with Crippen LogP contribution in [0.25, 0.3) is 0 Å². The zero-order valence-electron chi connectivity index (χ0n) is 10.5. The van der Waals surface area contributed by atoms with E-state index in [1.54, 1.807) is 12.1 Å². The van der Waals surface area contributed by atoms with Gasteiger partial charge >= 0.3 is 0 Å². The van der Waals surface area contributed by atoms with E-state index in [0.29, 0.717) is 5.02 Å². The third kappa shape index (κ3) is 3.58. The molecule has 4 heteroatoms. The molecule has 1 aromatic carbocycles. The summed E-state index contributed by atoms with van der Waals surface area (Å²) in [5.41, 5.74) is 0.720. The largest absolute Gasteiger partial charge is 0.334 e. The average molecular weight is 366 g/mol. The van der Waals surface area contributed by atoms with Gasteiger partial charge in [0.05, 0.1) is 5.56 Å². The van der Waals surface area contributed by atoms with Crippen LogP contribution in [-0.4, -0.2) is 22.9 Å². The number of hydrogen-bond acceptors (Lipinski definition) is 1. The van der Waals surface area contributed by atoms with Gasteiger partial charge in [-0.3, -0.25) is 4.79 Å². The lowest BCUT2D eigenvalue weighted by molar-refractivity contribution is 0.0642. The van der Waals surface area contributed by atoms with Crippen LogP contribution in [0.3, 0.4) is 0 Å². The Bertz CT molecular complexity index is 410. The molecule has 0 bridgehead atoms. The Morgan fingerprint density at radius 1 is 1.24 bits per heavy atom. The van der Waals surface area contributed by atoms with Crippen LogP contribution in [0.15, 0.2) is 18.2 Å². The highest BCUT2D eigenvalue weighted by molar-refractivity contribution is 14.1. The lowest BCUT2D eigenvalue weighted by Crippen LogP contribution is -2.42. The van der Waals surface area contributed by atoms with Crippen LogP contribution in [0.4, 0.5) is 0 Å². The third-order valence-corrected chi connectivity index (χ3v) is 3.64. The van der Waals surface area contributed by atoms with Gasteiger partial charge in [0.1, 0.15) is 0 Å². The van der Waals surface area contributed by atoms with Crippen LogP contribution < -0.4 is 0 Å². The fourth-order valence-corrected chi connectivity index (χ4v) is 2.97. The highest BCUT2D eigenvalue weighted by Crippen LogP contribution is 2.21. The molecule has 0 heterocycles. The molecule has 0 aliphatic rings. The topological polar surface area (TPSA) is 20.3 Å². The van der Waals surface area contributed by atoms with E-state index in [9.17, 15) is 4.79 Å². The lowest BCUT2D eigenvalue weighted by Gasteiger charge is -2.31. The zero-order valence-corrected chi connectivity index (χ0v) is 13.4. The van der Waals surface area contributed by atoms with E-state index in [0.717, 1.165) is 9.13 Å². The van der Waals surface area contributed by atoms with Gasteiger partial charge in [0.25, 0.3) is 5.91 Å². The summed E-state index contributed by atoms with van der Waals surface area (Å²) in [6.45, 7) is 8.11. The summed E-state index contributed by atoms with van der Waals surface area (Å²) in [5.74, 6) is 0.0658. The van der Waals surface area contributed by atoms with Crippen molar-refractivity contribution in [3.63, 3.8) is 0 Å². The number of amides is 1. The SMILES string of the molecule is CC(C)N(C(=O)c1ccc(Cl)cc1I)C(C)C. The Morgan fingerprint density at radius 3 is 2.18 bits per heavy atom. The molecule has 0 aromatic heterocycles. The predicted molar refractivity (Wildman–Crippen MR) is 80.6 cm³/mol. The van der Waals surface area contributed by atoms with Gasteiger partial charge in [-0.1, -0.05) is 11.6 Å². The first-order valence-electron chi connectivity index (χ1n) is 5.62. The van der Waals surface area contributed by atoms with Gasteiger partial charge in [-0.05, 0) is 68.5 Å². The van der Waals surface area contributed by atoms with Crippen molar-refractivity contribution in [1.29, 1.82) is 0 Å². The summed E-state index contributed by atoms with van der Waals surface area (Å²) >= 11 is 8.05. The number of carbonyl (C=O) groups excluding carboxylic acids is 1. The Kier molecular flexibility index (Phi) is 5.25. The molecule has 0 saturated heterocycles. The molecule has 0 radical (unpaired) electrons. The van der Waals surface area contributed by atoms with Gasteiger partial charge in [0, 0.05) is 20.7 Å². The molecular formula is C13H17ClINO. The van der Waals surface area contributed by atoms with Gasteiger partial charge in [-0.25, -0.2) is 0 Å². The molecule has 0 atom stereocenters. The summed E-state index contributed by atoms with van der Waals surface area (Å²) in [4.78, 5) is 14.3. The Hall–Kier alpha value is -0.290. The minimum atomic E-state index is 0.0658. The Morgan fingerprint density at radius 2 is 1.76 bits per heavy atom. The number of nitrogens with zero attached hydrogens (tertiary/aromatic N) is 1. The van der Waals surface area contributed by atoms with Crippen LogP contribution in [0.1, 0.15) is 38.1 Å². The van der Waals surface area contributed by atoms with Gasteiger partial charge < -0.3 is 4.90 Å². The molecule has 1 aromatic rings. The fourth-order valence-electron chi connectivity index (χ4n) is 1.87. The minimum Gasteiger partial charge on any atom is -0.334 e. The second-order valence-electron chi connectivity index (χ2n) is 4.52. The second kappa shape index (κ2) is 6.05. The molecule has 0 N–H and O–H groups in total. The quantitative estimate of drug-likeness (QED) is 0.735. The lowest BCUT2D eigenvalue weighted by atomic mass is 10.1. The molecule has 94 valence electrons. The van der Waals surface area contributed by atoms with Crippen LogP contribution in [0.2, 0.25) is 5.02 Å². The summed E-state index contributed by atoms with van der Waals surface area (Å²) < 4.78 is 0.895. The van der Waals surface area contributed by atoms with Crippen molar-refractivity contribution in [2.75, 3.05) is 0 Å². The molecular weight excluding hydrogens is 349 g/mol. The Labute approximate surface area is 121 Å². The maximum absolute atomic E-state index is 12.4. The van der Waals surface area contributed by atoms with Crippen LogP contribution in [0.5, 0.6) is 0 Å². The van der Waals surface area contributed by atoms with Crippen molar-refractivity contribution in [3.05, 3.63) is 32.4 Å². The highest BCUT2D eigenvalue weighted by atomic mass is 127. The third-order valence-electron chi connectivity index (χ3n) is 2.51. The molecule has 0 saturated carbocycles. The van der Waals surface area contributed by atoms with Crippen molar-refractivity contribution in [1.82, 2.24) is 4.90 Å².